The molecule has 1 atom stereocenters. The fraction of sp³-hybridized carbons (Fsp3) is 0.455. The van der Waals surface area contributed by atoms with Crippen molar-refractivity contribution in [1.82, 2.24) is 0 Å². The van der Waals surface area contributed by atoms with Gasteiger partial charge in [-0.1, -0.05) is 24.3 Å². The molecule has 1 N–H and O–H groups in total. The van der Waals surface area contributed by atoms with Gasteiger partial charge in [-0.3, -0.25) is 0 Å². The second-order valence-corrected chi connectivity index (χ2v) is 2.92. The standard InChI is InChI=1S/C8H10.C3H8O2/c1-7-5-3-4-6-8(7)2;1-3(4)5-2/h3-6H,1-2H3;3-4H,1-2H3. The minimum Gasteiger partial charge on any atom is -0.368 e. The average molecular weight is 182 g/mol. The molecule has 0 saturated carbocycles. The van der Waals surface area contributed by atoms with Crippen molar-refractivity contribution in [2.24, 2.45) is 0 Å². The van der Waals surface area contributed by atoms with Crippen LogP contribution < -0.4 is 0 Å². The van der Waals surface area contributed by atoms with Gasteiger partial charge in [0.25, 0.3) is 0 Å². The van der Waals surface area contributed by atoms with Gasteiger partial charge in [-0.2, -0.15) is 0 Å². The van der Waals surface area contributed by atoms with E-state index in [0.29, 0.717) is 0 Å². The van der Waals surface area contributed by atoms with E-state index in [1.165, 1.54) is 18.2 Å². The molecule has 2 nitrogen and oxygen atoms in total. The zero-order valence-electron chi connectivity index (χ0n) is 8.74. The summed E-state index contributed by atoms with van der Waals surface area (Å²) in [5.41, 5.74) is 2.74. The third-order valence-electron chi connectivity index (χ3n) is 1.77. The van der Waals surface area contributed by atoms with Crippen molar-refractivity contribution in [1.29, 1.82) is 0 Å². The molecule has 74 valence electrons. The fourth-order valence-electron chi connectivity index (χ4n) is 0.663. The quantitative estimate of drug-likeness (QED) is 0.675. The highest BCUT2D eigenvalue weighted by Crippen LogP contribution is 2.02. The molecule has 1 aromatic carbocycles. The van der Waals surface area contributed by atoms with E-state index in [2.05, 4.69) is 42.8 Å². The zero-order chi connectivity index (χ0) is 10.3. The van der Waals surface area contributed by atoms with Gasteiger partial charge in [0.05, 0.1) is 0 Å². The molecule has 1 aromatic rings. The Morgan fingerprint density at radius 1 is 1.15 bits per heavy atom. The van der Waals surface area contributed by atoms with Crippen molar-refractivity contribution in [3.05, 3.63) is 35.4 Å². The topological polar surface area (TPSA) is 29.5 Å². The van der Waals surface area contributed by atoms with E-state index in [0.717, 1.165) is 0 Å². The van der Waals surface area contributed by atoms with Gasteiger partial charge in [-0.05, 0) is 31.9 Å². The molecule has 0 aliphatic heterocycles. The SMILES string of the molecule is COC(C)O.Cc1ccccc1C. The summed E-state index contributed by atoms with van der Waals surface area (Å²) in [6.07, 6.45) is -0.616. The molecular formula is C11H18O2. The summed E-state index contributed by atoms with van der Waals surface area (Å²) in [4.78, 5) is 0. The molecule has 1 unspecified atom stereocenters. The van der Waals surface area contributed by atoms with Gasteiger partial charge in [0.15, 0.2) is 6.29 Å². The van der Waals surface area contributed by atoms with Gasteiger partial charge in [-0.25, -0.2) is 0 Å². The Morgan fingerprint density at radius 3 is 1.62 bits per heavy atom. The van der Waals surface area contributed by atoms with Crippen molar-refractivity contribution in [2.75, 3.05) is 7.11 Å². The summed E-state index contributed by atoms with van der Waals surface area (Å²) < 4.78 is 4.31. The minimum absolute atomic E-state index is 0.616. The maximum atomic E-state index is 8.14. The number of ether oxygens (including phenoxy) is 1. The number of benzene rings is 1. The van der Waals surface area contributed by atoms with Gasteiger partial charge in [0.2, 0.25) is 0 Å². The third kappa shape index (κ3) is 6.31. The van der Waals surface area contributed by atoms with Crippen LogP contribution >= 0.6 is 0 Å². The van der Waals surface area contributed by atoms with Crippen LogP contribution in [0.25, 0.3) is 0 Å². The Kier molecular flexibility index (Phi) is 6.20. The summed E-state index contributed by atoms with van der Waals surface area (Å²) in [5, 5.41) is 8.14. The Hall–Kier alpha value is -0.860. The average Bonchev–Trinajstić information content (AvgIpc) is 2.11. The lowest BCUT2D eigenvalue weighted by Crippen LogP contribution is -1.99. The molecular weight excluding hydrogens is 164 g/mol. The van der Waals surface area contributed by atoms with Gasteiger partial charge in [-0.15, -0.1) is 0 Å². The molecule has 0 spiro atoms. The largest absolute Gasteiger partial charge is 0.368 e. The van der Waals surface area contributed by atoms with Crippen LogP contribution in [0.4, 0.5) is 0 Å². The maximum Gasteiger partial charge on any atom is 0.151 e. The van der Waals surface area contributed by atoms with Gasteiger partial charge in [0.1, 0.15) is 0 Å². The summed E-state index contributed by atoms with van der Waals surface area (Å²) in [5.74, 6) is 0. The lowest BCUT2D eigenvalue weighted by molar-refractivity contribution is -0.0583. The van der Waals surface area contributed by atoms with Crippen molar-refractivity contribution >= 4 is 0 Å². The maximum absolute atomic E-state index is 8.14. The summed E-state index contributed by atoms with van der Waals surface area (Å²) in [6, 6.07) is 8.36. The Balaban J connectivity index is 0.000000252. The van der Waals surface area contributed by atoms with E-state index in [1.807, 2.05) is 0 Å². The number of hydrogen-bond acceptors (Lipinski definition) is 2. The van der Waals surface area contributed by atoms with Crippen LogP contribution in [0.15, 0.2) is 24.3 Å². The highest BCUT2D eigenvalue weighted by atomic mass is 16.6. The molecule has 1 rings (SSSR count). The molecule has 0 aliphatic rings. The van der Waals surface area contributed by atoms with Gasteiger partial charge >= 0.3 is 0 Å². The lowest BCUT2D eigenvalue weighted by Gasteiger charge is -1.94. The number of aliphatic hydroxyl groups excluding tert-OH is 1. The van der Waals surface area contributed by atoms with E-state index in [9.17, 15) is 0 Å². The van der Waals surface area contributed by atoms with E-state index in [4.69, 9.17) is 5.11 Å². The van der Waals surface area contributed by atoms with E-state index in [-0.39, 0.29) is 0 Å². The summed E-state index contributed by atoms with van der Waals surface area (Å²) in [6.45, 7) is 5.80. The van der Waals surface area contributed by atoms with Crippen LogP contribution in [0.2, 0.25) is 0 Å². The molecule has 0 fully saturated rings. The Labute approximate surface area is 80.2 Å². The van der Waals surface area contributed by atoms with E-state index < -0.39 is 6.29 Å². The first-order chi connectivity index (χ1) is 6.07. The highest BCUT2D eigenvalue weighted by molar-refractivity contribution is 5.23. The van der Waals surface area contributed by atoms with E-state index in [1.54, 1.807) is 6.92 Å². The minimum atomic E-state index is -0.616. The predicted octanol–water partition coefficient (Wildman–Crippen LogP) is 2.27. The smallest absolute Gasteiger partial charge is 0.151 e. The molecule has 0 heterocycles. The van der Waals surface area contributed by atoms with Crippen molar-refractivity contribution < 1.29 is 9.84 Å². The Bertz CT molecular complexity index is 210. The number of aliphatic hydroxyl groups is 1. The van der Waals surface area contributed by atoms with Crippen molar-refractivity contribution in [3.63, 3.8) is 0 Å². The predicted molar refractivity (Wildman–Crippen MR) is 54.6 cm³/mol. The molecule has 0 bridgehead atoms. The first-order valence-corrected chi connectivity index (χ1v) is 4.31. The zero-order valence-corrected chi connectivity index (χ0v) is 8.74. The summed E-state index contributed by atoms with van der Waals surface area (Å²) in [7, 11) is 1.45. The summed E-state index contributed by atoms with van der Waals surface area (Å²) >= 11 is 0. The second-order valence-electron chi connectivity index (χ2n) is 2.92. The molecule has 0 saturated heterocycles. The third-order valence-corrected chi connectivity index (χ3v) is 1.77. The number of hydrogen-bond donors (Lipinski definition) is 1. The van der Waals surface area contributed by atoms with Crippen LogP contribution in [-0.4, -0.2) is 18.5 Å². The van der Waals surface area contributed by atoms with Crippen LogP contribution in [0.1, 0.15) is 18.1 Å². The first-order valence-electron chi connectivity index (χ1n) is 4.31. The highest BCUT2D eigenvalue weighted by Gasteiger charge is 1.83. The number of aryl methyl sites for hydroxylation is 2. The molecule has 0 amide bonds. The molecule has 0 radical (unpaired) electrons. The number of rotatable bonds is 1. The van der Waals surface area contributed by atoms with Crippen molar-refractivity contribution in [2.45, 2.75) is 27.1 Å². The normalized spacial score (nSPS) is 11.5. The van der Waals surface area contributed by atoms with Crippen molar-refractivity contribution in [3.8, 4) is 0 Å². The van der Waals surface area contributed by atoms with Gasteiger partial charge in [0, 0.05) is 7.11 Å². The molecule has 0 aliphatic carbocycles. The number of methoxy groups -OCH3 is 1. The monoisotopic (exact) mass is 182 g/mol. The molecule has 2 heteroatoms. The fourth-order valence-corrected chi connectivity index (χ4v) is 0.663. The van der Waals surface area contributed by atoms with Crippen LogP contribution in [0, 0.1) is 13.8 Å². The molecule has 13 heavy (non-hydrogen) atoms. The molecule has 0 aromatic heterocycles. The van der Waals surface area contributed by atoms with Crippen LogP contribution in [0.5, 0.6) is 0 Å². The van der Waals surface area contributed by atoms with Crippen LogP contribution in [-0.2, 0) is 4.74 Å². The lowest BCUT2D eigenvalue weighted by atomic mass is 10.1. The van der Waals surface area contributed by atoms with Gasteiger partial charge < -0.3 is 9.84 Å². The van der Waals surface area contributed by atoms with E-state index >= 15 is 0 Å². The Morgan fingerprint density at radius 2 is 1.46 bits per heavy atom. The second kappa shape index (κ2) is 6.63. The first kappa shape index (κ1) is 12.1. The van der Waals surface area contributed by atoms with Crippen LogP contribution in [0.3, 0.4) is 0 Å².